The van der Waals surface area contributed by atoms with Crippen molar-refractivity contribution in [2.45, 2.75) is 19.4 Å². The van der Waals surface area contributed by atoms with Gasteiger partial charge in [-0.05, 0) is 43.2 Å². The number of amides is 2. The fourth-order valence-electron chi connectivity index (χ4n) is 3.12. The van der Waals surface area contributed by atoms with Gasteiger partial charge in [-0.2, -0.15) is 0 Å². The molecule has 2 N–H and O–H groups in total. The fraction of sp³-hybridized carbons (Fsp3) is 0.316. The molecule has 0 saturated carbocycles. The molecule has 6 heteroatoms. The molecule has 2 aromatic carbocycles. The second kappa shape index (κ2) is 7.78. The summed E-state index contributed by atoms with van der Waals surface area (Å²) in [5, 5.41) is 5.99. The molecule has 0 aromatic heterocycles. The van der Waals surface area contributed by atoms with E-state index in [2.05, 4.69) is 43.6 Å². The smallest absolute Gasteiger partial charge is 0.319 e. The Morgan fingerprint density at radius 1 is 1.28 bits per heavy atom. The molecule has 1 aliphatic rings. The summed E-state index contributed by atoms with van der Waals surface area (Å²) in [4.78, 5) is 14.7. The van der Waals surface area contributed by atoms with Gasteiger partial charge in [0.15, 0.2) is 0 Å². The Kier molecular flexibility index (Phi) is 5.48. The van der Waals surface area contributed by atoms with Crippen molar-refractivity contribution in [3.63, 3.8) is 0 Å². The van der Waals surface area contributed by atoms with Gasteiger partial charge >= 0.3 is 6.03 Å². The van der Waals surface area contributed by atoms with Crippen molar-refractivity contribution < 1.29 is 9.53 Å². The third kappa shape index (κ3) is 4.25. The van der Waals surface area contributed by atoms with E-state index in [0.29, 0.717) is 11.4 Å². The number of urea groups is 1. The Labute approximate surface area is 156 Å². The van der Waals surface area contributed by atoms with E-state index in [4.69, 9.17) is 4.74 Å². The number of hydrogen-bond acceptors (Lipinski definition) is 3. The minimum atomic E-state index is -0.205. The van der Waals surface area contributed by atoms with Gasteiger partial charge in [-0.15, -0.1) is 0 Å². The second-order valence-electron chi connectivity index (χ2n) is 6.17. The molecule has 1 heterocycles. The second-order valence-corrected chi connectivity index (χ2v) is 7.08. The highest BCUT2D eigenvalue weighted by atomic mass is 79.9. The summed E-state index contributed by atoms with van der Waals surface area (Å²) in [6.45, 7) is 3.69. The van der Waals surface area contributed by atoms with E-state index in [9.17, 15) is 4.79 Å². The van der Waals surface area contributed by atoms with Gasteiger partial charge in [-0.1, -0.05) is 34.1 Å². The molecule has 2 aromatic rings. The molecule has 3 rings (SSSR count). The third-order valence-corrected chi connectivity index (χ3v) is 4.83. The lowest BCUT2D eigenvalue weighted by atomic mass is 10.2. The lowest BCUT2D eigenvalue weighted by molar-refractivity contribution is 0.249. The van der Waals surface area contributed by atoms with E-state index in [-0.39, 0.29) is 12.1 Å². The van der Waals surface area contributed by atoms with Crippen molar-refractivity contribution in [2.75, 3.05) is 30.4 Å². The first-order valence-electron chi connectivity index (χ1n) is 8.28. The maximum absolute atomic E-state index is 12.4. The van der Waals surface area contributed by atoms with Crippen LogP contribution in [-0.2, 0) is 0 Å². The molecule has 5 nitrogen and oxygen atoms in total. The lowest BCUT2D eigenvalue weighted by Gasteiger charge is -2.19. The number of aryl methyl sites for hydroxylation is 1. The maximum atomic E-state index is 12.4. The zero-order chi connectivity index (χ0) is 17.8. The molecule has 0 radical (unpaired) electrons. The summed E-state index contributed by atoms with van der Waals surface area (Å²) in [7, 11) is 1.60. The molecule has 25 heavy (non-hydrogen) atoms. The fourth-order valence-corrected chi connectivity index (χ4v) is 3.67. The summed E-state index contributed by atoms with van der Waals surface area (Å²) in [6.07, 6.45) is 0.929. The van der Waals surface area contributed by atoms with Crippen LogP contribution in [0, 0.1) is 6.92 Å². The van der Waals surface area contributed by atoms with Crippen LogP contribution in [0.3, 0.4) is 0 Å². The SMILES string of the molecule is COc1cc(Br)cc(C)c1NC(=O)NC1CCN(c2ccccc2)C1. The van der Waals surface area contributed by atoms with Crippen molar-refractivity contribution >= 4 is 33.3 Å². The van der Waals surface area contributed by atoms with E-state index in [0.717, 1.165) is 29.5 Å². The predicted molar refractivity (Wildman–Crippen MR) is 105 cm³/mol. The number of halogens is 1. The van der Waals surface area contributed by atoms with Crippen molar-refractivity contribution in [1.29, 1.82) is 0 Å². The summed E-state index contributed by atoms with van der Waals surface area (Å²) in [6, 6.07) is 14.0. The molecule has 2 amide bonds. The van der Waals surface area contributed by atoms with Crippen molar-refractivity contribution in [1.82, 2.24) is 5.32 Å². The quantitative estimate of drug-likeness (QED) is 0.805. The van der Waals surface area contributed by atoms with E-state index in [1.54, 1.807) is 7.11 Å². The molecule has 1 aliphatic heterocycles. The first-order chi connectivity index (χ1) is 12.1. The van der Waals surface area contributed by atoms with Crippen LogP contribution in [0.25, 0.3) is 0 Å². The van der Waals surface area contributed by atoms with E-state index < -0.39 is 0 Å². The zero-order valence-corrected chi connectivity index (χ0v) is 16.0. The van der Waals surface area contributed by atoms with E-state index in [1.165, 1.54) is 5.69 Å². The predicted octanol–water partition coefficient (Wildman–Crippen LogP) is 4.17. The highest BCUT2D eigenvalue weighted by Crippen LogP contribution is 2.32. The number of carbonyl (C=O) groups is 1. The molecular weight excluding hydrogens is 382 g/mol. The Hall–Kier alpha value is -2.21. The van der Waals surface area contributed by atoms with Crippen LogP contribution < -0.4 is 20.3 Å². The van der Waals surface area contributed by atoms with Crippen molar-refractivity contribution in [2.24, 2.45) is 0 Å². The third-order valence-electron chi connectivity index (χ3n) is 4.37. The number of carbonyl (C=O) groups excluding carboxylic acids is 1. The first-order valence-corrected chi connectivity index (χ1v) is 9.08. The number of benzene rings is 2. The summed E-state index contributed by atoms with van der Waals surface area (Å²) >= 11 is 3.44. The van der Waals surface area contributed by atoms with Crippen LogP contribution in [0.4, 0.5) is 16.2 Å². The van der Waals surface area contributed by atoms with Crippen molar-refractivity contribution in [3.8, 4) is 5.75 Å². The van der Waals surface area contributed by atoms with Gasteiger partial charge in [0.05, 0.1) is 12.8 Å². The Balaban J connectivity index is 1.61. The highest BCUT2D eigenvalue weighted by molar-refractivity contribution is 9.10. The number of ether oxygens (including phenoxy) is 1. The normalized spacial score (nSPS) is 16.6. The monoisotopic (exact) mass is 403 g/mol. The molecular formula is C19H22BrN3O2. The van der Waals surface area contributed by atoms with E-state index >= 15 is 0 Å². The standard InChI is InChI=1S/C19H22BrN3O2/c1-13-10-14(20)11-17(25-2)18(13)22-19(24)21-15-8-9-23(12-15)16-6-4-3-5-7-16/h3-7,10-11,15H,8-9,12H2,1-2H3,(H2,21,22,24). The summed E-state index contributed by atoms with van der Waals surface area (Å²) in [5.41, 5.74) is 2.83. The van der Waals surface area contributed by atoms with E-state index in [1.807, 2.05) is 37.3 Å². The number of methoxy groups -OCH3 is 1. The minimum absolute atomic E-state index is 0.127. The number of nitrogens with zero attached hydrogens (tertiary/aromatic N) is 1. The van der Waals surface area contributed by atoms with Crippen LogP contribution in [0.15, 0.2) is 46.9 Å². The highest BCUT2D eigenvalue weighted by Gasteiger charge is 2.24. The van der Waals surface area contributed by atoms with Crippen LogP contribution in [-0.4, -0.2) is 32.3 Å². The van der Waals surface area contributed by atoms with Gasteiger partial charge in [0, 0.05) is 29.3 Å². The van der Waals surface area contributed by atoms with Crippen LogP contribution in [0.2, 0.25) is 0 Å². The molecule has 0 bridgehead atoms. The first kappa shape index (κ1) is 17.6. The molecule has 0 aliphatic carbocycles. The average molecular weight is 404 g/mol. The number of anilines is 2. The number of para-hydroxylation sites is 1. The number of rotatable bonds is 4. The van der Waals surface area contributed by atoms with Crippen LogP contribution in [0.1, 0.15) is 12.0 Å². The molecule has 1 atom stereocenters. The largest absolute Gasteiger partial charge is 0.495 e. The zero-order valence-electron chi connectivity index (χ0n) is 14.4. The number of hydrogen-bond donors (Lipinski definition) is 2. The van der Waals surface area contributed by atoms with Crippen LogP contribution in [0.5, 0.6) is 5.75 Å². The Morgan fingerprint density at radius 3 is 2.76 bits per heavy atom. The van der Waals surface area contributed by atoms with Crippen LogP contribution >= 0.6 is 15.9 Å². The Morgan fingerprint density at radius 2 is 2.04 bits per heavy atom. The molecule has 1 saturated heterocycles. The van der Waals surface area contributed by atoms with Gasteiger partial charge in [0.2, 0.25) is 0 Å². The minimum Gasteiger partial charge on any atom is -0.495 e. The van der Waals surface area contributed by atoms with Gasteiger partial charge in [-0.3, -0.25) is 0 Å². The van der Waals surface area contributed by atoms with Gasteiger partial charge < -0.3 is 20.3 Å². The number of nitrogens with one attached hydrogen (secondary N) is 2. The van der Waals surface area contributed by atoms with Gasteiger partial charge in [-0.25, -0.2) is 4.79 Å². The summed E-state index contributed by atoms with van der Waals surface area (Å²) < 4.78 is 6.29. The lowest BCUT2D eigenvalue weighted by Crippen LogP contribution is -2.39. The Bertz CT molecular complexity index is 752. The topological polar surface area (TPSA) is 53.6 Å². The van der Waals surface area contributed by atoms with Gasteiger partial charge in [0.1, 0.15) is 5.75 Å². The maximum Gasteiger partial charge on any atom is 0.319 e. The summed E-state index contributed by atoms with van der Waals surface area (Å²) in [5.74, 6) is 0.638. The molecule has 1 fully saturated rings. The van der Waals surface area contributed by atoms with Crippen molar-refractivity contribution in [3.05, 3.63) is 52.5 Å². The average Bonchev–Trinajstić information content (AvgIpc) is 3.06. The van der Waals surface area contributed by atoms with Gasteiger partial charge in [0.25, 0.3) is 0 Å². The molecule has 1 unspecified atom stereocenters. The molecule has 0 spiro atoms. The molecule has 132 valence electrons.